The predicted molar refractivity (Wildman–Crippen MR) is 129 cm³/mol. The molecule has 7 nitrogen and oxygen atoms in total. The lowest BCUT2D eigenvalue weighted by Crippen LogP contribution is -2.42. The van der Waals surface area contributed by atoms with E-state index in [1.807, 2.05) is 84.4 Å². The molecule has 0 fully saturated rings. The average Bonchev–Trinajstić information content (AvgIpc) is 3.37. The van der Waals surface area contributed by atoms with E-state index in [1.54, 1.807) is 19.1 Å². The number of hydrogen-bond donors (Lipinski definition) is 0. The largest absolute Gasteiger partial charge is 0.497 e. The van der Waals surface area contributed by atoms with Crippen molar-refractivity contribution in [1.29, 1.82) is 0 Å². The molecule has 3 aromatic carbocycles. The van der Waals surface area contributed by atoms with Crippen LogP contribution in [0.4, 0.5) is 5.95 Å². The Balaban J connectivity index is 1.62. The zero-order valence-corrected chi connectivity index (χ0v) is 19.4. The molecule has 172 valence electrons. The number of benzene rings is 3. The lowest BCUT2D eigenvalue weighted by atomic mass is 9.91. The van der Waals surface area contributed by atoms with Crippen LogP contribution in [0.1, 0.15) is 45.6 Å². The third-order valence-corrected chi connectivity index (χ3v) is 6.31. The summed E-state index contributed by atoms with van der Waals surface area (Å²) in [6.45, 7) is 1.98. The van der Waals surface area contributed by atoms with Crippen LogP contribution >= 0.6 is 0 Å². The summed E-state index contributed by atoms with van der Waals surface area (Å²) in [5, 5.41) is 4.52. The van der Waals surface area contributed by atoms with Gasteiger partial charge in [0.1, 0.15) is 17.8 Å². The number of carbonyl (C=O) groups excluding carboxylic acids is 1. The molecule has 0 unspecified atom stereocenters. The van der Waals surface area contributed by atoms with Gasteiger partial charge in [-0.1, -0.05) is 42.0 Å². The smallest absolute Gasteiger partial charge is 0.261 e. The molecule has 1 aromatic heterocycles. The molecule has 4 aromatic rings. The summed E-state index contributed by atoms with van der Waals surface area (Å²) in [5.74, 6) is 1.98. The molecule has 0 bridgehead atoms. The van der Waals surface area contributed by atoms with Crippen LogP contribution in [-0.4, -0.2) is 34.9 Å². The van der Waals surface area contributed by atoms with E-state index >= 15 is 0 Å². The van der Waals surface area contributed by atoms with E-state index in [1.165, 1.54) is 6.33 Å². The molecule has 0 aliphatic carbocycles. The van der Waals surface area contributed by atoms with Gasteiger partial charge in [0, 0.05) is 5.56 Å². The number of amides is 1. The van der Waals surface area contributed by atoms with Crippen molar-refractivity contribution in [3.05, 3.63) is 101 Å². The first-order valence-electron chi connectivity index (χ1n) is 11.2. The van der Waals surface area contributed by atoms with E-state index in [4.69, 9.17) is 9.47 Å². The van der Waals surface area contributed by atoms with Gasteiger partial charge >= 0.3 is 0 Å². The molecule has 0 radical (unpaired) electrons. The number of ether oxygens (including phenoxy) is 2. The van der Waals surface area contributed by atoms with Gasteiger partial charge in [-0.3, -0.25) is 9.69 Å². The number of aromatic nitrogens is 3. The zero-order valence-electron chi connectivity index (χ0n) is 19.4. The average molecular weight is 455 g/mol. The standard InChI is InChI=1S/C27H26N4O3/c1-18-5-4-6-21(15-18)26(32)30-24(19-7-11-22(33-2)12-8-19)16-25(31-27(30)28-17-29-31)20-9-13-23(34-3)14-10-20/h4-15,17,24-25H,16H2,1-3H3/t24-,25+/m0/s1. The van der Waals surface area contributed by atoms with Gasteiger partial charge in [-0.15, -0.1) is 0 Å². The second-order valence-corrected chi connectivity index (χ2v) is 8.36. The number of anilines is 1. The summed E-state index contributed by atoms with van der Waals surface area (Å²) in [6, 6.07) is 23.1. The van der Waals surface area contributed by atoms with Crippen molar-refractivity contribution in [3.8, 4) is 11.5 Å². The van der Waals surface area contributed by atoms with E-state index in [0.717, 1.165) is 28.2 Å². The van der Waals surface area contributed by atoms with Gasteiger partial charge in [0.15, 0.2) is 0 Å². The molecule has 5 rings (SSSR count). The molecule has 1 aliphatic rings. The van der Waals surface area contributed by atoms with Gasteiger partial charge in [0.2, 0.25) is 5.95 Å². The van der Waals surface area contributed by atoms with Crippen LogP contribution in [0.15, 0.2) is 79.1 Å². The minimum absolute atomic E-state index is 0.0860. The highest BCUT2D eigenvalue weighted by molar-refractivity contribution is 6.06. The summed E-state index contributed by atoms with van der Waals surface area (Å²) in [4.78, 5) is 20.2. The number of rotatable bonds is 5. The molecule has 34 heavy (non-hydrogen) atoms. The maximum absolute atomic E-state index is 13.8. The minimum atomic E-state index is -0.234. The van der Waals surface area contributed by atoms with Crippen LogP contribution in [0.25, 0.3) is 0 Å². The Bertz CT molecular complexity index is 1300. The first kappa shape index (κ1) is 21.7. The van der Waals surface area contributed by atoms with Crippen molar-refractivity contribution in [3.63, 3.8) is 0 Å². The monoisotopic (exact) mass is 454 g/mol. The van der Waals surface area contributed by atoms with E-state index in [0.29, 0.717) is 17.9 Å². The third kappa shape index (κ3) is 3.90. The third-order valence-electron chi connectivity index (χ3n) is 6.31. The van der Waals surface area contributed by atoms with Crippen LogP contribution in [0, 0.1) is 6.92 Å². The van der Waals surface area contributed by atoms with E-state index < -0.39 is 0 Å². The van der Waals surface area contributed by atoms with Gasteiger partial charge in [0.05, 0.1) is 26.3 Å². The maximum atomic E-state index is 13.8. The van der Waals surface area contributed by atoms with Gasteiger partial charge in [-0.25, -0.2) is 4.68 Å². The Kier molecular flexibility index (Phi) is 5.76. The van der Waals surface area contributed by atoms with Crippen molar-refractivity contribution in [2.75, 3.05) is 19.1 Å². The van der Waals surface area contributed by atoms with E-state index in [2.05, 4.69) is 10.1 Å². The molecular formula is C27H26N4O3. The molecular weight excluding hydrogens is 428 g/mol. The van der Waals surface area contributed by atoms with Crippen molar-refractivity contribution in [1.82, 2.24) is 14.8 Å². The molecule has 1 aliphatic heterocycles. The first-order valence-corrected chi connectivity index (χ1v) is 11.2. The molecule has 1 amide bonds. The van der Waals surface area contributed by atoms with Crippen LogP contribution < -0.4 is 14.4 Å². The van der Waals surface area contributed by atoms with Crippen LogP contribution in [0.2, 0.25) is 0 Å². The lowest BCUT2D eigenvalue weighted by molar-refractivity contribution is 0.0963. The summed E-state index contributed by atoms with van der Waals surface area (Å²) >= 11 is 0. The fraction of sp³-hybridized carbons (Fsp3) is 0.222. The molecule has 0 saturated heterocycles. The molecule has 2 heterocycles. The Hall–Kier alpha value is -4.13. The van der Waals surface area contributed by atoms with Crippen molar-refractivity contribution >= 4 is 11.9 Å². The number of aryl methyl sites for hydroxylation is 1. The van der Waals surface area contributed by atoms with Crippen LogP contribution in [-0.2, 0) is 0 Å². The number of hydrogen-bond acceptors (Lipinski definition) is 5. The highest BCUT2D eigenvalue weighted by Gasteiger charge is 2.39. The molecule has 7 heteroatoms. The van der Waals surface area contributed by atoms with E-state index in [9.17, 15) is 4.79 Å². The highest BCUT2D eigenvalue weighted by atomic mass is 16.5. The second-order valence-electron chi connectivity index (χ2n) is 8.36. The Morgan fingerprint density at radius 1 is 0.882 bits per heavy atom. The summed E-state index contributed by atoms with van der Waals surface area (Å²) < 4.78 is 12.5. The van der Waals surface area contributed by atoms with Crippen LogP contribution in [0.3, 0.4) is 0 Å². The number of carbonyl (C=O) groups is 1. The van der Waals surface area contributed by atoms with Crippen molar-refractivity contribution in [2.45, 2.75) is 25.4 Å². The molecule has 2 atom stereocenters. The topological polar surface area (TPSA) is 69.5 Å². The highest BCUT2D eigenvalue weighted by Crippen LogP contribution is 2.43. The summed E-state index contributed by atoms with van der Waals surface area (Å²) in [6.07, 6.45) is 2.16. The number of fused-ring (bicyclic) bond motifs is 1. The van der Waals surface area contributed by atoms with Gasteiger partial charge in [-0.05, 0) is 60.9 Å². The Labute approximate surface area is 198 Å². The van der Waals surface area contributed by atoms with Gasteiger partial charge in [0.25, 0.3) is 5.91 Å². The molecule has 0 N–H and O–H groups in total. The SMILES string of the molecule is COc1ccc([C@H]2C[C@@H](c3ccc(OC)cc3)N(C(=O)c3cccc(C)c3)c3ncnn32)cc1. The number of methoxy groups -OCH3 is 2. The van der Waals surface area contributed by atoms with Crippen molar-refractivity contribution < 1.29 is 14.3 Å². The summed E-state index contributed by atoms with van der Waals surface area (Å²) in [7, 11) is 3.30. The number of nitrogens with zero attached hydrogens (tertiary/aromatic N) is 4. The van der Waals surface area contributed by atoms with Crippen LogP contribution in [0.5, 0.6) is 11.5 Å². The zero-order chi connectivity index (χ0) is 23.7. The normalized spacial score (nSPS) is 17.2. The molecule has 0 saturated carbocycles. The lowest BCUT2D eigenvalue weighted by Gasteiger charge is -2.39. The van der Waals surface area contributed by atoms with Gasteiger partial charge < -0.3 is 9.47 Å². The Morgan fingerprint density at radius 2 is 1.50 bits per heavy atom. The quantitative estimate of drug-likeness (QED) is 0.425. The van der Waals surface area contributed by atoms with E-state index in [-0.39, 0.29) is 18.0 Å². The first-order chi connectivity index (χ1) is 16.6. The second kappa shape index (κ2) is 9.02. The molecule has 0 spiro atoms. The van der Waals surface area contributed by atoms with Crippen molar-refractivity contribution in [2.24, 2.45) is 0 Å². The summed E-state index contributed by atoms with van der Waals surface area (Å²) in [5.41, 5.74) is 3.74. The maximum Gasteiger partial charge on any atom is 0.261 e. The van der Waals surface area contributed by atoms with Gasteiger partial charge in [-0.2, -0.15) is 10.1 Å². The minimum Gasteiger partial charge on any atom is -0.497 e. The fourth-order valence-electron chi connectivity index (χ4n) is 4.56. The Morgan fingerprint density at radius 3 is 2.09 bits per heavy atom. The fourth-order valence-corrected chi connectivity index (χ4v) is 4.56. The predicted octanol–water partition coefficient (Wildman–Crippen LogP) is 4.98.